The van der Waals surface area contributed by atoms with Crippen LogP contribution >= 0.6 is 0 Å². The molecule has 2 aromatic heterocycles. The molecule has 0 radical (unpaired) electrons. The molecule has 4 N–H and O–H groups in total. The summed E-state index contributed by atoms with van der Waals surface area (Å²) < 4.78 is 4.69. The van der Waals surface area contributed by atoms with Gasteiger partial charge in [-0.25, -0.2) is 0 Å². The number of aromatic nitrogens is 2. The van der Waals surface area contributed by atoms with Crippen molar-refractivity contribution < 1.29 is 14.6 Å². The second kappa shape index (κ2) is 10.6. The van der Waals surface area contributed by atoms with Crippen LogP contribution in [0.2, 0.25) is 0 Å². The van der Waals surface area contributed by atoms with Crippen molar-refractivity contribution in [2.75, 3.05) is 10.6 Å². The van der Waals surface area contributed by atoms with Crippen LogP contribution in [-0.4, -0.2) is 5.48 Å². The monoisotopic (exact) mass is 512 g/mol. The van der Waals surface area contributed by atoms with Gasteiger partial charge in [0, 0.05) is 48.5 Å². The number of hydrogen-bond acceptors (Lipinski definition) is 2. The largest absolute Gasteiger partial charge is 0.412 e. The normalized spacial score (nSPS) is 12.9. The summed E-state index contributed by atoms with van der Waals surface area (Å²) in [7, 11) is 0. The molecular weight excluding hydrogens is 480 g/mol. The first-order valence-corrected chi connectivity index (χ1v) is 13.3. The van der Waals surface area contributed by atoms with Crippen molar-refractivity contribution in [1.82, 2.24) is 0 Å². The number of anilines is 2. The average molecular weight is 513 g/mol. The highest BCUT2D eigenvalue weighted by molar-refractivity contribution is 5.89. The number of nitrogens with zero attached hydrogens (tertiary/aromatic N) is 2. The summed E-state index contributed by atoms with van der Waals surface area (Å²) in [5, 5.41) is 9.83. The minimum absolute atomic E-state index is 0. The highest BCUT2D eigenvalue weighted by Crippen LogP contribution is 2.23. The van der Waals surface area contributed by atoms with Crippen LogP contribution in [0.25, 0.3) is 21.8 Å². The van der Waals surface area contributed by atoms with Crippen molar-refractivity contribution >= 4 is 33.2 Å². The number of para-hydroxylation sites is 2. The molecule has 3 aliphatic rings. The number of hydrogen-bond donors (Lipinski definition) is 2. The first-order chi connectivity index (χ1) is 18.8. The summed E-state index contributed by atoms with van der Waals surface area (Å²) in [5.41, 5.74) is 9.91. The molecule has 0 aliphatic carbocycles. The van der Waals surface area contributed by atoms with Crippen LogP contribution in [0, 0.1) is 0 Å². The highest BCUT2D eigenvalue weighted by atomic mass is 16.0. The zero-order valence-corrected chi connectivity index (χ0v) is 21.8. The second-order valence-electron chi connectivity index (χ2n) is 10.1. The number of benzene rings is 4. The Morgan fingerprint density at radius 2 is 0.923 bits per heavy atom. The standard InChI is InChI=1S/C34H28N4.H2O/c1-3-10-33-29(8-1)31-16-18-37(33)23-27-6-5-7-28(20-27)24-38-19-17-32(30-9-2-4-11-34(30)38)36-22-26-14-12-25(13-15-26)21-35-31;/h1-20H,21-24H2;1H2/p+2. The van der Waals surface area contributed by atoms with Gasteiger partial charge in [-0.15, -0.1) is 0 Å². The lowest BCUT2D eigenvalue weighted by Gasteiger charge is -2.11. The van der Waals surface area contributed by atoms with Gasteiger partial charge in [-0.2, -0.15) is 9.13 Å². The van der Waals surface area contributed by atoms with Crippen molar-refractivity contribution in [3.8, 4) is 0 Å². The number of rotatable bonds is 0. The fraction of sp³-hybridized carbons (Fsp3) is 0.118. The quantitative estimate of drug-likeness (QED) is 0.269. The summed E-state index contributed by atoms with van der Waals surface area (Å²) in [6.07, 6.45) is 4.41. The third kappa shape index (κ3) is 4.92. The van der Waals surface area contributed by atoms with E-state index in [1.807, 2.05) is 0 Å². The van der Waals surface area contributed by atoms with Crippen molar-refractivity contribution in [2.24, 2.45) is 0 Å². The van der Waals surface area contributed by atoms with E-state index in [1.54, 1.807) is 0 Å². The lowest BCUT2D eigenvalue weighted by molar-refractivity contribution is -0.663. The van der Waals surface area contributed by atoms with E-state index in [0.717, 1.165) is 37.6 Å². The third-order valence-corrected chi connectivity index (χ3v) is 7.54. The molecule has 4 aromatic carbocycles. The van der Waals surface area contributed by atoms with Crippen LogP contribution in [0.15, 0.2) is 122 Å². The van der Waals surface area contributed by atoms with Gasteiger partial charge >= 0.3 is 0 Å². The SMILES string of the molecule is O.c1cc2cc(c1)C[n+]1ccc(c3ccccc31)NCc1ccc(cc1)CNc1cc[n+](c3ccccc13)C2. The summed E-state index contributed by atoms with van der Waals surface area (Å²) in [4.78, 5) is 0. The van der Waals surface area contributed by atoms with E-state index in [2.05, 4.69) is 141 Å². The average Bonchev–Trinajstić information content (AvgIpc) is 2.97. The van der Waals surface area contributed by atoms with Gasteiger partial charge in [0.15, 0.2) is 25.5 Å². The van der Waals surface area contributed by atoms with E-state index in [0.29, 0.717) is 0 Å². The molecule has 39 heavy (non-hydrogen) atoms. The van der Waals surface area contributed by atoms with Crippen molar-refractivity contribution in [2.45, 2.75) is 26.2 Å². The number of fused-ring (bicyclic) bond motifs is 2. The van der Waals surface area contributed by atoms with Gasteiger partial charge in [-0.05, 0) is 29.3 Å². The van der Waals surface area contributed by atoms with E-state index >= 15 is 0 Å². The molecule has 9 rings (SSSR count). The van der Waals surface area contributed by atoms with Crippen molar-refractivity contribution in [3.05, 3.63) is 144 Å². The lowest BCUT2D eigenvalue weighted by atomic mass is 10.1. The zero-order valence-electron chi connectivity index (χ0n) is 21.8. The van der Waals surface area contributed by atoms with E-state index in [1.165, 1.54) is 44.1 Å². The third-order valence-electron chi connectivity index (χ3n) is 7.54. The van der Waals surface area contributed by atoms with E-state index in [9.17, 15) is 0 Å². The smallest absolute Gasteiger partial charge is 0.214 e. The van der Waals surface area contributed by atoms with Gasteiger partial charge < -0.3 is 16.1 Å². The summed E-state index contributed by atoms with van der Waals surface area (Å²) >= 11 is 0. The van der Waals surface area contributed by atoms with Crippen LogP contribution < -0.4 is 19.8 Å². The van der Waals surface area contributed by atoms with Gasteiger partial charge in [-0.1, -0.05) is 66.7 Å². The lowest BCUT2D eigenvalue weighted by Crippen LogP contribution is -2.36. The highest BCUT2D eigenvalue weighted by Gasteiger charge is 2.16. The Hall–Kier alpha value is -4.74. The molecule has 5 heteroatoms. The molecule has 8 bridgehead atoms. The summed E-state index contributed by atoms with van der Waals surface area (Å²) in [6, 6.07) is 39.6. The first kappa shape index (κ1) is 24.6. The summed E-state index contributed by atoms with van der Waals surface area (Å²) in [6.45, 7) is 3.22. The molecule has 5 heterocycles. The molecule has 0 amide bonds. The van der Waals surface area contributed by atoms with Gasteiger partial charge in [0.05, 0.1) is 22.1 Å². The predicted octanol–water partition coefficient (Wildman–Crippen LogP) is 5.38. The maximum absolute atomic E-state index is 3.68. The molecule has 0 unspecified atom stereocenters. The molecule has 192 valence electrons. The predicted molar refractivity (Wildman–Crippen MR) is 158 cm³/mol. The van der Waals surface area contributed by atoms with Crippen molar-refractivity contribution in [1.29, 1.82) is 0 Å². The fourth-order valence-electron chi connectivity index (χ4n) is 5.55. The molecule has 0 fully saturated rings. The van der Waals surface area contributed by atoms with Gasteiger partial charge in [0.25, 0.3) is 0 Å². The molecule has 0 spiro atoms. The Morgan fingerprint density at radius 3 is 1.41 bits per heavy atom. The molecule has 0 atom stereocenters. The van der Waals surface area contributed by atoms with Crippen LogP contribution in [0.4, 0.5) is 11.4 Å². The van der Waals surface area contributed by atoms with Crippen LogP contribution in [0.1, 0.15) is 22.3 Å². The van der Waals surface area contributed by atoms with Crippen molar-refractivity contribution in [3.63, 3.8) is 0 Å². The molecular formula is C34H32N4O+2. The molecule has 3 aliphatic heterocycles. The van der Waals surface area contributed by atoms with Gasteiger partial charge in [0.2, 0.25) is 11.0 Å². The molecule has 6 aromatic rings. The maximum Gasteiger partial charge on any atom is 0.214 e. The first-order valence-electron chi connectivity index (χ1n) is 13.3. The Balaban J connectivity index is 0.00000277. The van der Waals surface area contributed by atoms with Crippen LogP contribution in [-0.2, 0) is 26.2 Å². The Bertz CT molecular complexity index is 1650. The van der Waals surface area contributed by atoms with E-state index in [4.69, 9.17) is 0 Å². The Kier molecular flexibility index (Phi) is 6.66. The minimum atomic E-state index is 0. The van der Waals surface area contributed by atoms with E-state index < -0.39 is 0 Å². The summed E-state index contributed by atoms with van der Waals surface area (Å²) in [5.74, 6) is 0. The van der Waals surface area contributed by atoms with Crippen LogP contribution in [0.3, 0.4) is 0 Å². The molecule has 5 nitrogen and oxygen atoms in total. The molecule has 0 saturated carbocycles. The second-order valence-corrected chi connectivity index (χ2v) is 10.1. The Morgan fingerprint density at radius 1 is 0.462 bits per heavy atom. The fourth-order valence-corrected chi connectivity index (χ4v) is 5.55. The number of pyridine rings is 2. The van der Waals surface area contributed by atoms with E-state index in [-0.39, 0.29) is 5.48 Å². The minimum Gasteiger partial charge on any atom is -0.412 e. The Labute approximate surface area is 228 Å². The zero-order chi connectivity index (χ0) is 25.3. The molecule has 0 saturated heterocycles. The topological polar surface area (TPSA) is 63.3 Å². The number of nitrogens with one attached hydrogen (secondary N) is 2. The van der Waals surface area contributed by atoms with Gasteiger partial charge in [0.1, 0.15) is 0 Å². The van der Waals surface area contributed by atoms with Gasteiger partial charge in [-0.3, -0.25) is 0 Å². The van der Waals surface area contributed by atoms with Crippen LogP contribution in [0.5, 0.6) is 0 Å². The maximum atomic E-state index is 3.68.